The number of nitrogens with one attached hydrogen (secondary N) is 1. The second kappa shape index (κ2) is 3.45. The molecule has 1 fully saturated rings. The largest absolute Gasteiger partial charge is 0.346 e. The van der Waals surface area contributed by atoms with Crippen molar-refractivity contribution < 1.29 is 13.2 Å². The molecule has 0 spiro atoms. The number of β-lactam (4-membered cyclic amide) rings is 1. The molecular weight excluding hydrogens is 250 g/mol. The Hall–Kier alpha value is -1.62. The number of carbonyl (C=O) groups is 1. The second-order valence-electron chi connectivity index (χ2n) is 4.74. The highest BCUT2D eigenvalue weighted by atomic mass is 32.2. The van der Waals surface area contributed by atoms with Crippen molar-refractivity contribution in [3.05, 3.63) is 42.0 Å². The lowest BCUT2D eigenvalue weighted by atomic mass is 9.92. The minimum absolute atomic E-state index is 0.258. The van der Waals surface area contributed by atoms with E-state index in [0.717, 1.165) is 0 Å². The predicted octanol–water partition coefficient (Wildman–Crippen LogP) is 0.966. The van der Waals surface area contributed by atoms with Crippen molar-refractivity contribution in [2.45, 2.75) is 29.0 Å². The Kier molecular flexibility index (Phi) is 2.20. The first-order valence-electron chi connectivity index (χ1n) is 5.78. The number of aryl methyl sites for hydroxylation is 1. The van der Waals surface area contributed by atoms with Gasteiger partial charge < -0.3 is 5.32 Å². The minimum Gasteiger partial charge on any atom is -0.346 e. The van der Waals surface area contributed by atoms with Gasteiger partial charge in [-0.15, -0.1) is 0 Å². The number of carbonyl (C=O) groups excluding carboxylic acids is 1. The highest BCUT2D eigenvalue weighted by Gasteiger charge is 2.64. The average molecular weight is 263 g/mol. The maximum atomic E-state index is 12.7. The number of sulfone groups is 1. The van der Waals surface area contributed by atoms with Crippen LogP contribution in [-0.4, -0.2) is 25.1 Å². The van der Waals surface area contributed by atoms with E-state index in [1.165, 1.54) is 0 Å². The summed E-state index contributed by atoms with van der Waals surface area (Å²) in [5.41, 5.74) is 0.678. The highest BCUT2D eigenvalue weighted by molar-refractivity contribution is 7.94. The number of allylic oxidation sites excluding steroid dienone is 1. The lowest BCUT2D eigenvalue weighted by Crippen LogP contribution is -2.73. The van der Waals surface area contributed by atoms with Crippen LogP contribution in [0, 0.1) is 6.92 Å². The molecule has 94 valence electrons. The highest BCUT2D eigenvalue weighted by Crippen LogP contribution is 2.43. The van der Waals surface area contributed by atoms with Crippen molar-refractivity contribution in [2.75, 3.05) is 0 Å². The van der Waals surface area contributed by atoms with Crippen molar-refractivity contribution >= 4 is 15.7 Å². The number of hydrogen-bond acceptors (Lipinski definition) is 3. The number of hydrogen-bond donors (Lipinski definition) is 1. The van der Waals surface area contributed by atoms with Crippen LogP contribution in [-0.2, 0) is 14.6 Å². The fourth-order valence-electron chi connectivity index (χ4n) is 2.70. The zero-order valence-corrected chi connectivity index (χ0v) is 10.7. The summed E-state index contributed by atoms with van der Waals surface area (Å²) in [6.45, 7) is 1.75. The van der Waals surface area contributed by atoms with Crippen molar-refractivity contribution in [1.29, 1.82) is 0 Å². The molecule has 5 heteroatoms. The van der Waals surface area contributed by atoms with E-state index in [9.17, 15) is 13.2 Å². The first-order chi connectivity index (χ1) is 8.50. The van der Waals surface area contributed by atoms with Gasteiger partial charge in [-0.3, -0.25) is 4.79 Å². The summed E-state index contributed by atoms with van der Waals surface area (Å²) in [6.07, 6.45) is 3.79. The lowest BCUT2D eigenvalue weighted by Gasteiger charge is -2.43. The summed E-state index contributed by atoms with van der Waals surface area (Å²) in [5, 5.41) is 2.64. The van der Waals surface area contributed by atoms with Crippen LogP contribution in [0.1, 0.15) is 12.0 Å². The molecule has 1 amide bonds. The topological polar surface area (TPSA) is 63.2 Å². The third kappa shape index (κ3) is 1.15. The summed E-state index contributed by atoms with van der Waals surface area (Å²) < 4.78 is 24.2. The van der Waals surface area contributed by atoms with Gasteiger partial charge in [0.05, 0.1) is 10.9 Å². The van der Waals surface area contributed by atoms with Gasteiger partial charge in [0, 0.05) is 0 Å². The van der Waals surface area contributed by atoms with Gasteiger partial charge >= 0.3 is 0 Å². The van der Waals surface area contributed by atoms with Crippen LogP contribution in [0.25, 0.3) is 0 Å². The molecule has 1 aliphatic heterocycles. The van der Waals surface area contributed by atoms with Gasteiger partial charge in [0.15, 0.2) is 14.6 Å². The van der Waals surface area contributed by atoms with E-state index in [1.54, 1.807) is 43.3 Å². The van der Waals surface area contributed by atoms with Gasteiger partial charge in [0.25, 0.3) is 0 Å². The molecule has 0 saturated carbocycles. The first-order valence-corrected chi connectivity index (χ1v) is 7.26. The Morgan fingerprint density at radius 2 is 2.06 bits per heavy atom. The van der Waals surface area contributed by atoms with Crippen molar-refractivity contribution in [3.63, 3.8) is 0 Å². The Bertz CT molecular complexity index is 663. The number of fused-ring (bicyclic) bond motifs is 1. The van der Waals surface area contributed by atoms with Crippen LogP contribution < -0.4 is 5.32 Å². The van der Waals surface area contributed by atoms with Crippen LogP contribution in [0.2, 0.25) is 0 Å². The molecule has 0 aromatic heterocycles. The fourth-order valence-corrected chi connectivity index (χ4v) is 4.93. The molecular formula is C13H13NO3S. The molecule has 2 aliphatic rings. The summed E-state index contributed by atoms with van der Waals surface area (Å²) >= 11 is 0. The van der Waals surface area contributed by atoms with Gasteiger partial charge in [-0.25, -0.2) is 8.42 Å². The average Bonchev–Trinajstić information content (AvgIpc) is 2.67. The lowest BCUT2D eigenvalue weighted by molar-refractivity contribution is -0.130. The third-order valence-electron chi connectivity index (χ3n) is 3.79. The van der Waals surface area contributed by atoms with Gasteiger partial charge in [0.1, 0.15) is 0 Å². The molecule has 0 radical (unpaired) electrons. The number of amides is 1. The molecule has 2 atom stereocenters. The van der Waals surface area contributed by atoms with Crippen LogP contribution in [0.3, 0.4) is 0 Å². The van der Waals surface area contributed by atoms with Gasteiger partial charge in [-0.1, -0.05) is 30.4 Å². The monoisotopic (exact) mass is 263 g/mol. The number of benzene rings is 1. The second-order valence-corrected chi connectivity index (χ2v) is 6.92. The van der Waals surface area contributed by atoms with Gasteiger partial charge in [-0.05, 0) is 25.0 Å². The fraction of sp³-hybridized carbons (Fsp3) is 0.308. The Morgan fingerprint density at radius 3 is 2.67 bits per heavy atom. The minimum atomic E-state index is -3.66. The van der Waals surface area contributed by atoms with Crippen LogP contribution in [0.5, 0.6) is 0 Å². The molecule has 18 heavy (non-hydrogen) atoms. The van der Waals surface area contributed by atoms with E-state index < -0.39 is 14.6 Å². The molecule has 0 unspecified atom stereocenters. The Labute approximate surface area is 106 Å². The molecule has 1 N–H and O–H groups in total. The summed E-state index contributed by atoms with van der Waals surface area (Å²) in [5.74, 6) is -0.388. The van der Waals surface area contributed by atoms with Crippen molar-refractivity contribution in [2.24, 2.45) is 0 Å². The van der Waals surface area contributed by atoms with Crippen molar-refractivity contribution in [1.82, 2.24) is 5.32 Å². The standard InChI is InChI=1S/C13H13NO3S/c1-9-5-2-3-6-10(9)18(16,17)13-8-4-7-11(13)14-12(13)15/h2-7,11H,8H2,1H3,(H,14,15)/t11-,13+/m1/s1. The maximum Gasteiger partial charge on any atom is 0.245 e. The zero-order valence-electron chi connectivity index (χ0n) is 9.88. The molecule has 3 rings (SSSR count). The Balaban J connectivity index is 2.18. The van der Waals surface area contributed by atoms with E-state index in [4.69, 9.17) is 0 Å². The molecule has 1 aliphatic carbocycles. The molecule has 1 saturated heterocycles. The SMILES string of the molecule is Cc1ccccc1S(=O)(=O)[C@@]12CC=C[C@H]1NC2=O. The quantitative estimate of drug-likeness (QED) is 0.638. The van der Waals surface area contributed by atoms with Gasteiger partial charge in [0.2, 0.25) is 5.91 Å². The molecule has 0 bridgehead atoms. The van der Waals surface area contributed by atoms with E-state index in [1.807, 2.05) is 0 Å². The molecule has 1 aromatic rings. The normalized spacial score (nSPS) is 29.6. The van der Waals surface area contributed by atoms with Crippen molar-refractivity contribution in [3.8, 4) is 0 Å². The maximum absolute atomic E-state index is 12.7. The summed E-state index contributed by atoms with van der Waals surface area (Å²) in [4.78, 5) is 12.1. The van der Waals surface area contributed by atoms with Gasteiger partial charge in [-0.2, -0.15) is 0 Å². The third-order valence-corrected chi connectivity index (χ3v) is 6.39. The molecule has 1 aromatic carbocycles. The predicted molar refractivity (Wildman–Crippen MR) is 66.8 cm³/mol. The smallest absolute Gasteiger partial charge is 0.245 e. The summed E-state index contributed by atoms with van der Waals surface area (Å²) in [7, 11) is -3.66. The van der Waals surface area contributed by atoms with Crippen LogP contribution in [0.4, 0.5) is 0 Å². The van der Waals surface area contributed by atoms with E-state index >= 15 is 0 Å². The van der Waals surface area contributed by atoms with E-state index in [2.05, 4.69) is 5.32 Å². The molecule has 1 heterocycles. The molecule has 4 nitrogen and oxygen atoms in total. The van der Waals surface area contributed by atoms with E-state index in [0.29, 0.717) is 5.56 Å². The first kappa shape index (κ1) is 11.5. The van der Waals surface area contributed by atoms with Crippen LogP contribution in [0.15, 0.2) is 41.3 Å². The van der Waals surface area contributed by atoms with Crippen LogP contribution >= 0.6 is 0 Å². The number of rotatable bonds is 2. The summed E-state index contributed by atoms with van der Waals surface area (Å²) in [6, 6.07) is 6.41. The van der Waals surface area contributed by atoms with E-state index in [-0.39, 0.29) is 23.3 Å². The Morgan fingerprint density at radius 1 is 1.33 bits per heavy atom. The zero-order chi connectivity index (χ0) is 13.0.